The number of nitrogens with zero attached hydrogens (tertiary/aromatic N) is 2. The summed E-state index contributed by atoms with van der Waals surface area (Å²) in [5.74, 6) is -0.527. The Hall–Kier alpha value is -3.18. The van der Waals surface area contributed by atoms with Gasteiger partial charge in [0.1, 0.15) is 6.04 Å². The van der Waals surface area contributed by atoms with E-state index in [0.29, 0.717) is 24.5 Å². The highest BCUT2D eigenvalue weighted by molar-refractivity contribution is 6.30. The van der Waals surface area contributed by atoms with Crippen LogP contribution in [-0.2, 0) is 29.1 Å². The largest absolute Gasteiger partial charge is 0.349 e. The monoisotopic (exact) mass is 449 g/mol. The van der Waals surface area contributed by atoms with Crippen LogP contribution in [0.25, 0.3) is 0 Å². The normalized spacial score (nSPS) is 11.8. The van der Waals surface area contributed by atoms with E-state index < -0.39 is 6.04 Å². The average Bonchev–Trinajstić information content (AvgIpc) is 2.81. The van der Waals surface area contributed by atoms with E-state index in [1.807, 2.05) is 74.5 Å². The van der Waals surface area contributed by atoms with E-state index in [9.17, 15) is 9.59 Å². The zero-order chi connectivity index (χ0) is 22.9. The van der Waals surface area contributed by atoms with Crippen molar-refractivity contribution >= 4 is 23.4 Å². The van der Waals surface area contributed by atoms with Gasteiger partial charge in [0.15, 0.2) is 0 Å². The third-order valence-corrected chi connectivity index (χ3v) is 5.42. The molecule has 6 heteroatoms. The molecule has 1 aromatic heterocycles. The Labute approximate surface area is 194 Å². The molecular weight excluding hydrogens is 422 g/mol. The number of aromatic nitrogens is 1. The Balaban J connectivity index is 1.89. The van der Waals surface area contributed by atoms with Crippen LogP contribution in [0, 0.1) is 5.92 Å². The lowest BCUT2D eigenvalue weighted by Gasteiger charge is -2.32. The highest BCUT2D eigenvalue weighted by Gasteiger charge is 2.31. The molecule has 1 heterocycles. The first-order valence-corrected chi connectivity index (χ1v) is 11.1. The molecule has 0 aliphatic rings. The van der Waals surface area contributed by atoms with Crippen molar-refractivity contribution in [2.24, 2.45) is 5.92 Å². The van der Waals surface area contributed by atoms with Gasteiger partial charge in [0.25, 0.3) is 0 Å². The highest BCUT2D eigenvalue weighted by atomic mass is 35.5. The second kappa shape index (κ2) is 11.4. The zero-order valence-corrected chi connectivity index (χ0v) is 19.1. The van der Waals surface area contributed by atoms with Crippen molar-refractivity contribution in [2.45, 2.75) is 39.4 Å². The number of hydrogen-bond donors (Lipinski definition) is 1. The number of carbonyl (C=O) groups excluding carboxylic acids is 2. The number of halogens is 1. The Kier molecular flexibility index (Phi) is 8.40. The molecule has 1 unspecified atom stereocenters. The molecule has 0 bridgehead atoms. The van der Waals surface area contributed by atoms with Crippen molar-refractivity contribution in [1.82, 2.24) is 15.2 Å². The predicted octanol–water partition coefficient (Wildman–Crippen LogP) is 4.65. The van der Waals surface area contributed by atoms with E-state index in [0.717, 1.165) is 16.8 Å². The van der Waals surface area contributed by atoms with Crippen LogP contribution in [0.2, 0.25) is 5.02 Å². The maximum Gasteiger partial charge on any atom is 0.243 e. The molecule has 0 saturated carbocycles. The van der Waals surface area contributed by atoms with Gasteiger partial charge in [0.05, 0.1) is 12.2 Å². The molecule has 3 rings (SSSR count). The van der Waals surface area contributed by atoms with Crippen molar-refractivity contribution in [3.63, 3.8) is 0 Å². The van der Waals surface area contributed by atoms with E-state index in [2.05, 4.69) is 10.3 Å². The third-order valence-electron chi connectivity index (χ3n) is 5.16. The lowest BCUT2D eigenvalue weighted by atomic mass is 10.0. The first-order chi connectivity index (χ1) is 15.4. The fraction of sp³-hybridized carbons (Fsp3) is 0.269. The van der Waals surface area contributed by atoms with Crippen LogP contribution in [0.1, 0.15) is 30.7 Å². The minimum atomic E-state index is -0.660. The molecule has 166 valence electrons. The maximum absolute atomic E-state index is 13.4. The quantitative estimate of drug-likeness (QED) is 0.517. The number of carbonyl (C=O) groups is 2. The summed E-state index contributed by atoms with van der Waals surface area (Å²) < 4.78 is 0. The summed E-state index contributed by atoms with van der Waals surface area (Å²) in [6.45, 7) is 4.32. The number of rotatable bonds is 9. The summed E-state index contributed by atoms with van der Waals surface area (Å²) in [5.41, 5.74) is 2.67. The van der Waals surface area contributed by atoms with Crippen LogP contribution < -0.4 is 5.32 Å². The Morgan fingerprint density at radius 2 is 1.62 bits per heavy atom. The average molecular weight is 450 g/mol. The van der Waals surface area contributed by atoms with E-state index in [1.54, 1.807) is 23.2 Å². The van der Waals surface area contributed by atoms with E-state index in [-0.39, 0.29) is 17.7 Å². The van der Waals surface area contributed by atoms with E-state index in [4.69, 9.17) is 11.6 Å². The number of hydrogen-bond acceptors (Lipinski definition) is 3. The molecule has 1 N–H and O–H groups in total. The fourth-order valence-corrected chi connectivity index (χ4v) is 3.57. The van der Waals surface area contributed by atoms with E-state index in [1.165, 1.54) is 0 Å². The van der Waals surface area contributed by atoms with Gasteiger partial charge in [-0.3, -0.25) is 14.6 Å². The van der Waals surface area contributed by atoms with Crippen LogP contribution in [0.5, 0.6) is 0 Å². The van der Waals surface area contributed by atoms with Gasteiger partial charge in [-0.05, 0) is 35.4 Å². The minimum Gasteiger partial charge on any atom is -0.349 e. The molecule has 5 nitrogen and oxygen atoms in total. The summed E-state index contributed by atoms with van der Waals surface area (Å²) in [7, 11) is 0. The lowest BCUT2D eigenvalue weighted by Crippen LogP contribution is -2.51. The maximum atomic E-state index is 13.4. The molecule has 0 radical (unpaired) electrons. The molecule has 3 aromatic rings. The lowest BCUT2D eigenvalue weighted by molar-refractivity contribution is -0.143. The minimum absolute atomic E-state index is 0.0751. The first-order valence-electron chi connectivity index (χ1n) is 10.7. The van der Waals surface area contributed by atoms with Gasteiger partial charge < -0.3 is 10.2 Å². The Bertz CT molecular complexity index is 1010. The second-order valence-corrected chi connectivity index (χ2v) is 8.43. The number of nitrogens with one attached hydrogen (secondary N) is 1. The summed E-state index contributed by atoms with van der Waals surface area (Å²) in [4.78, 5) is 32.6. The molecular formula is C26H28ClN3O2. The smallest absolute Gasteiger partial charge is 0.243 e. The summed E-state index contributed by atoms with van der Waals surface area (Å²) in [5, 5.41) is 3.60. The predicted molar refractivity (Wildman–Crippen MR) is 127 cm³/mol. The van der Waals surface area contributed by atoms with Gasteiger partial charge in [-0.1, -0.05) is 74.0 Å². The standard InChI is InChI=1S/C26H28ClN3O2/c1-19(2)26(32)30(18-21-11-13-22(27)14-12-21)24(16-20-8-4-3-5-9-20)25(31)29-17-23-10-6-7-15-28-23/h3-15,19,24H,16-18H2,1-2H3,(H,29,31). The van der Waals surface area contributed by atoms with Crippen LogP contribution in [0.15, 0.2) is 79.0 Å². The van der Waals surface area contributed by atoms with Crippen molar-refractivity contribution < 1.29 is 9.59 Å². The van der Waals surface area contributed by atoms with Crippen LogP contribution in [-0.4, -0.2) is 27.7 Å². The molecule has 2 amide bonds. The summed E-state index contributed by atoms with van der Waals surface area (Å²) in [6.07, 6.45) is 2.11. The Morgan fingerprint density at radius 1 is 0.938 bits per heavy atom. The van der Waals surface area contributed by atoms with E-state index >= 15 is 0 Å². The summed E-state index contributed by atoms with van der Waals surface area (Å²) in [6, 6.07) is 22.0. The van der Waals surface area contributed by atoms with Gasteiger partial charge in [-0.25, -0.2) is 0 Å². The van der Waals surface area contributed by atoms with Gasteiger partial charge in [-0.15, -0.1) is 0 Å². The van der Waals surface area contributed by atoms with Crippen LogP contribution in [0.3, 0.4) is 0 Å². The first kappa shape index (κ1) is 23.5. The summed E-state index contributed by atoms with van der Waals surface area (Å²) >= 11 is 6.03. The number of amides is 2. The Morgan fingerprint density at radius 3 is 2.25 bits per heavy atom. The molecule has 1 atom stereocenters. The molecule has 0 aliphatic carbocycles. The van der Waals surface area contributed by atoms with Crippen molar-refractivity contribution in [3.05, 3.63) is 101 Å². The molecule has 2 aromatic carbocycles. The number of benzene rings is 2. The fourth-order valence-electron chi connectivity index (χ4n) is 3.44. The van der Waals surface area contributed by atoms with Crippen LogP contribution >= 0.6 is 11.6 Å². The zero-order valence-electron chi connectivity index (χ0n) is 18.4. The molecule has 0 spiro atoms. The van der Waals surface area contributed by atoms with Gasteiger partial charge in [0.2, 0.25) is 11.8 Å². The van der Waals surface area contributed by atoms with Gasteiger partial charge in [-0.2, -0.15) is 0 Å². The van der Waals surface area contributed by atoms with Crippen molar-refractivity contribution in [1.29, 1.82) is 0 Å². The van der Waals surface area contributed by atoms with Gasteiger partial charge in [0, 0.05) is 30.1 Å². The van der Waals surface area contributed by atoms with Crippen molar-refractivity contribution in [2.75, 3.05) is 0 Å². The van der Waals surface area contributed by atoms with Gasteiger partial charge >= 0.3 is 0 Å². The second-order valence-electron chi connectivity index (χ2n) is 7.99. The van der Waals surface area contributed by atoms with Crippen LogP contribution in [0.4, 0.5) is 0 Å². The topological polar surface area (TPSA) is 62.3 Å². The SMILES string of the molecule is CC(C)C(=O)N(Cc1ccc(Cl)cc1)C(Cc1ccccc1)C(=O)NCc1ccccn1. The molecule has 32 heavy (non-hydrogen) atoms. The number of pyridine rings is 1. The third kappa shape index (κ3) is 6.66. The molecule has 0 saturated heterocycles. The molecule has 0 fully saturated rings. The van der Waals surface area contributed by atoms with Crippen molar-refractivity contribution in [3.8, 4) is 0 Å². The molecule has 0 aliphatic heterocycles. The highest BCUT2D eigenvalue weighted by Crippen LogP contribution is 2.19.